The van der Waals surface area contributed by atoms with Gasteiger partial charge in [-0.1, -0.05) is 56.0 Å². The first-order chi connectivity index (χ1) is 9.90. The molecule has 4 aliphatic rings. The second kappa shape index (κ2) is 4.72. The molecule has 1 nitrogen and oxygen atoms in total. The number of halogens is 1. The van der Waals surface area contributed by atoms with Crippen molar-refractivity contribution in [2.75, 3.05) is 0 Å². The molecule has 0 aromatic heterocycles. The maximum absolute atomic E-state index is 6.85. The summed E-state index contributed by atoms with van der Waals surface area (Å²) in [6.07, 6.45) is 13.5. The maximum Gasteiger partial charge on any atom is 0.0656 e. The van der Waals surface area contributed by atoms with E-state index in [0.29, 0.717) is 28.5 Å². The number of fused-ring (bicyclic) bond motifs is 2. The molecule has 0 saturated heterocycles. The third kappa shape index (κ3) is 1.84. The summed E-state index contributed by atoms with van der Waals surface area (Å²) >= 11 is 3.97. The van der Waals surface area contributed by atoms with Crippen LogP contribution in [0.3, 0.4) is 0 Å². The van der Waals surface area contributed by atoms with Gasteiger partial charge in [-0.3, -0.25) is 0 Å². The average molecular weight is 355 g/mol. The summed E-state index contributed by atoms with van der Waals surface area (Å²) in [4.78, 5) is 0.717. The van der Waals surface area contributed by atoms with E-state index < -0.39 is 0 Å². The highest BCUT2D eigenvalue weighted by Gasteiger charge is 2.64. The first-order valence-electron chi connectivity index (χ1n) is 9.20. The Kier molecular flexibility index (Phi) is 3.37. The number of ether oxygens (including phenoxy) is 1. The number of hydrogen-bond acceptors (Lipinski definition) is 1. The quantitative estimate of drug-likeness (QED) is 0.577. The van der Waals surface area contributed by atoms with Crippen LogP contribution in [0.25, 0.3) is 0 Å². The third-order valence-electron chi connectivity index (χ3n) is 8.51. The summed E-state index contributed by atoms with van der Waals surface area (Å²) in [5.74, 6) is 0.898. The molecule has 120 valence electrons. The Morgan fingerprint density at radius 3 is 2.14 bits per heavy atom. The van der Waals surface area contributed by atoms with Gasteiger partial charge in [0.2, 0.25) is 0 Å². The summed E-state index contributed by atoms with van der Waals surface area (Å²) in [7, 11) is 0. The molecule has 5 atom stereocenters. The Balaban J connectivity index is 1.50. The normalized spacial score (nSPS) is 50.3. The molecule has 0 amide bonds. The first kappa shape index (κ1) is 15.0. The highest BCUT2D eigenvalue weighted by Crippen LogP contribution is 2.67. The molecule has 4 rings (SSSR count). The molecule has 0 heterocycles. The zero-order valence-corrected chi connectivity index (χ0v) is 15.5. The lowest BCUT2D eigenvalue weighted by Gasteiger charge is -2.57. The van der Waals surface area contributed by atoms with Crippen molar-refractivity contribution in [3.63, 3.8) is 0 Å². The lowest BCUT2D eigenvalue weighted by molar-refractivity contribution is -0.179. The van der Waals surface area contributed by atoms with Crippen molar-refractivity contribution < 1.29 is 4.74 Å². The van der Waals surface area contributed by atoms with E-state index in [1.807, 2.05) is 0 Å². The molecule has 0 aliphatic heterocycles. The predicted molar refractivity (Wildman–Crippen MR) is 90.7 cm³/mol. The number of alkyl halides is 1. The minimum Gasteiger partial charge on any atom is -0.374 e. The molecule has 0 radical (unpaired) electrons. The van der Waals surface area contributed by atoms with Crippen molar-refractivity contribution in [2.24, 2.45) is 22.2 Å². The van der Waals surface area contributed by atoms with Crippen LogP contribution in [0.2, 0.25) is 0 Å². The molecule has 4 saturated carbocycles. The van der Waals surface area contributed by atoms with Crippen molar-refractivity contribution in [1.29, 1.82) is 0 Å². The van der Waals surface area contributed by atoms with E-state index in [1.54, 1.807) is 0 Å². The SMILES string of the molecule is CC1(C)C2CCC1(C)C(OC1CC(Br)C13CCCCC3)C2. The van der Waals surface area contributed by atoms with Crippen molar-refractivity contribution in [3.05, 3.63) is 0 Å². The minimum atomic E-state index is 0.422. The van der Waals surface area contributed by atoms with Gasteiger partial charge in [0.1, 0.15) is 0 Å². The van der Waals surface area contributed by atoms with Crippen LogP contribution < -0.4 is 0 Å². The summed E-state index contributed by atoms with van der Waals surface area (Å²) in [6.45, 7) is 7.51. The van der Waals surface area contributed by atoms with Crippen molar-refractivity contribution in [2.45, 2.75) is 95.6 Å². The fraction of sp³-hybridized carbons (Fsp3) is 1.00. The molecule has 0 aromatic carbocycles. The van der Waals surface area contributed by atoms with E-state index in [0.717, 1.165) is 10.7 Å². The Bertz CT molecular complexity index is 425. The largest absolute Gasteiger partial charge is 0.374 e. The average Bonchev–Trinajstić information content (AvgIpc) is 2.81. The molecule has 0 aromatic rings. The molecular formula is C19H31BrO. The molecule has 2 heteroatoms. The summed E-state index contributed by atoms with van der Waals surface area (Å²) in [5.41, 5.74) is 1.39. The van der Waals surface area contributed by atoms with Gasteiger partial charge in [0.15, 0.2) is 0 Å². The van der Waals surface area contributed by atoms with E-state index in [-0.39, 0.29) is 0 Å². The van der Waals surface area contributed by atoms with Crippen LogP contribution in [0.1, 0.15) is 78.6 Å². The maximum atomic E-state index is 6.85. The van der Waals surface area contributed by atoms with Crippen LogP contribution in [-0.2, 0) is 4.74 Å². The van der Waals surface area contributed by atoms with Crippen LogP contribution in [-0.4, -0.2) is 17.0 Å². The van der Waals surface area contributed by atoms with E-state index in [1.165, 1.54) is 57.8 Å². The summed E-state index contributed by atoms with van der Waals surface area (Å²) in [6, 6.07) is 0. The fourth-order valence-electron chi connectivity index (χ4n) is 6.27. The smallest absolute Gasteiger partial charge is 0.0656 e. The number of hydrogen-bond donors (Lipinski definition) is 0. The van der Waals surface area contributed by atoms with Crippen LogP contribution in [0.5, 0.6) is 0 Å². The van der Waals surface area contributed by atoms with Gasteiger partial charge in [-0.15, -0.1) is 0 Å². The standard InChI is InChI=1S/C19H31BrO/c1-17(2)13-7-10-18(17,3)15(11-13)21-16-12-14(20)19(16)8-5-4-6-9-19/h13-16H,4-12H2,1-3H3. The van der Waals surface area contributed by atoms with Gasteiger partial charge in [-0.25, -0.2) is 0 Å². The molecule has 2 bridgehead atoms. The lowest BCUT2D eigenvalue weighted by atomic mass is 9.58. The lowest BCUT2D eigenvalue weighted by Crippen LogP contribution is -2.58. The third-order valence-corrected chi connectivity index (χ3v) is 9.80. The van der Waals surface area contributed by atoms with Gasteiger partial charge < -0.3 is 4.74 Å². The highest BCUT2D eigenvalue weighted by molar-refractivity contribution is 9.09. The Morgan fingerprint density at radius 1 is 0.905 bits per heavy atom. The van der Waals surface area contributed by atoms with Gasteiger partial charge in [0.05, 0.1) is 12.2 Å². The van der Waals surface area contributed by atoms with Gasteiger partial charge >= 0.3 is 0 Å². The van der Waals surface area contributed by atoms with Crippen molar-refractivity contribution in [3.8, 4) is 0 Å². The molecule has 21 heavy (non-hydrogen) atoms. The van der Waals surface area contributed by atoms with Crippen molar-refractivity contribution >= 4 is 15.9 Å². The second-order valence-electron chi connectivity index (χ2n) is 9.22. The minimum absolute atomic E-state index is 0.422. The molecular weight excluding hydrogens is 324 g/mol. The first-order valence-corrected chi connectivity index (χ1v) is 10.1. The molecule has 1 spiro atoms. The predicted octanol–water partition coefficient (Wildman–Crippen LogP) is 5.70. The van der Waals surface area contributed by atoms with Gasteiger partial charge in [0.25, 0.3) is 0 Å². The number of rotatable bonds is 2. The van der Waals surface area contributed by atoms with Crippen molar-refractivity contribution in [1.82, 2.24) is 0 Å². The van der Waals surface area contributed by atoms with Crippen LogP contribution in [0.4, 0.5) is 0 Å². The monoisotopic (exact) mass is 354 g/mol. The fourth-order valence-corrected chi connectivity index (χ4v) is 7.36. The van der Waals surface area contributed by atoms with Gasteiger partial charge in [-0.2, -0.15) is 0 Å². The van der Waals surface area contributed by atoms with Crippen LogP contribution >= 0.6 is 15.9 Å². The Labute approximate surface area is 138 Å². The van der Waals surface area contributed by atoms with E-state index >= 15 is 0 Å². The second-order valence-corrected chi connectivity index (χ2v) is 10.3. The summed E-state index contributed by atoms with van der Waals surface area (Å²) < 4.78 is 6.85. The van der Waals surface area contributed by atoms with E-state index in [4.69, 9.17) is 4.74 Å². The Morgan fingerprint density at radius 2 is 1.62 bits per heavy atom. The molecule has 0 N–H and O–H groups in total. The van der Waals surface area contributed by atoms with Gasteiger partial charge in [-0.05, 0) is 55.3 Å². The van der Waals surface area contributed by atoms with E-state index in [9.17, 15) is 0 Å². The van der Waals surface area contributed by atoms with E-state index in [2.05, 4.69) is 36.7 Å². The molecule has 4 aliphatic carbocycles. The zero-order chi connectivity index (χ0) is 14.9. The topological polar surface area (TPSA) is 9.23 Å². The molecule has 5 unspecified atom stereocenters. The van der Waals surface area contributed by atoms with Crippen LogP contribution in [0, 0.1) is 22.2 Å². The van der Waals surface area contributed by atoms with Crippen LogP contribution in [0.15, 0.2) is 0 Å². The van der Waals surface area contributed by atoms with Gasteiger partial charge in [0, 0.05) is 10.2 Å². The summed E-state index contributed by atoms with van der Waals surface area (Å²) in [5, 5.41) is 0. The molecule has 4 fully saturated rings. The Hall–Kier alpha value is 0.440. The highest BCUT2D eigenvalue weighted by atomic mass is 79.9. The zero-order valence-electron chi connectivity index (χ0n) is 14.0.